The summed E-state index contributed by atoms with van der Waals surface area (Å²) in [4.78, 5) is 43.6. The molecule has 0 bridgehead atoms. The molecule has 8 heteroatoms. The molecule has 1 heterocycles. The van der Waals surface area contributed by atoms with Gasteiger partial charge in [-0.25, -0.2) is 4.79 Å². The summed E-state index contributed by atoms with van der Waals surface area (Å²) < 4.78 is 5.42. The fourth-order valence-corrected chi connectivity index (χ4v) is 4.82. The van der Waals surface area contributed by atoms with Gasteiger partial charge in [-0.3, -0.25) is 9.59 Å². The number of carbonyl (C=O) groups excluding carboxylic acids is 3. The number of fused-ring (bicyclic) bond motifs is 1. The summed E-state index contributed by atoms with van der Waals surface area (Å²) in [5.41, 5.74) is 2.04. The molecule has 35 heavy (non-hydrogen) atoms. The number of likely N-dealkylation sites (N-methyl/N-ethyl adjacent to an activating group) is 1. The number of ether oxygens (including phenoxy) is 1. The number of rotatable bonds is 8. The number of amides is 2. The SMILES string of the molecule is CN(C(=O)COC(=O)[C@@H](Cc1c[nH]c2ccccc12)NC(=O)c1ccccc1Cl)C1CCCCC1. The van der Waals surface area contributed by atoms with Crippen molar-refractivity contribution in [2.24, 2.45) is 0 Å². The lowest BCUT2D eigenvalue weighted by molar-refractivity contribution is -0.154. The highest BCUT2D eigenvalue weighted by Crippen LogP contribution is 2.22. The first-order valence-corrected chi connectivity index (χ1v) is 12.3. The van der Waals surface area contributed by atoms with Gasteiger partial charge in [0.25, 0.3) is 11.8 Å². The number of nitrogens with one attached hydrogen (secondary N) is 2. The maximum Gasteiger partial charge on any atom is 0.329 e. The minimum Gasteiger partial charge on any atom is -0.454 e. The Hall–Kier alpha value is -3.32. The first-order valence-electron chi connectivity index (χ1n) is 12.0. The molecule has 0 saturated heterocycles. The predicted octanol–water partition coefficient (Wildman–Crippen LogP) is 4.50. The number of aromatic amines is 1. The Morgan fingerprint density at radius 3 is 2.57 bits per heavy atom. The molecule has 7 nitrogen and oxygen atoms in total. The quantitative estimate of drug-likeness (QED) is 0.450. The van der Waals surface area contributed by atoms with Crippen LogP contribution in [0.5, 0.6) is 0 Å². The van der Waals surface area contributed by atoms with Crippen LogP contribution in [0.3, 0.4) is 0 Å². The number of H-pyrrole nitrogens is 1. The molecule has 2 N–H and O–H groups in total. The van der Waals surface area contributed by atoms with Crippen molar-refractivity contribution in [2.45, 2.75) is 50.6 Å². The molecule has 2 aromatic carbocycles. The van der Waals surface area contributed by atoms with Gasteiger partial charge in [0.15, 0.2) is 6.61 Å². The van der Waals surface area contributed by atoms with Crippen LogP contribution in [-0.4, -0.2) is 53.4 Å². The van der Waals surface area contributed by atoms with E-state index in [9.17, 15) is 14.4 Å². The smallest absolute Gasteiger partial charge is 0.329 e. The van der Waals surface area contributed by atoms with E-state index in [1.807, 2.05) is 30.5 Å². The molecule has 0 unspecified atom stereocenters. The first-order chi connectivity index (χ1) is 16.9. The Labute approximate surface area is 209 Å². The molecule has 2 amide bonds. The summed E-state index contributed by atoms with van der Waals surface area (Å²) in [5.74, 6) is -1.39. The van der Waals surface area contributed by atoms with E-state index in [4.69, 9.17) is 16.3 Å². The summed E-state index contributed by atoms with van der Waals surface area (Å²) in [6.07, 6.45) is 7.33. The van der Waals surface area contributed by atoms with Gasteiger partial charge in [0.1, 0.15) is 6.04 Å². The Morgan fingerprint density at radius 1 is 1.09 bits per heavy atom. The topological polar surface area (TPSA) is 91.5 Å². The molecule has 3 aromatic rings. The van der Waals surface area contributed by atoms with E-state index < -0.39 is 17.9 Å². The van der Waals surface area contributed by atoms with E-state index in [1.165, 1.54) is 6.42 Å². The van der Waals surface area contributed by atoms with Crippen molar-refractivity contribution in [2.75, 3.05) is 13.7 Å². The summed E-state index contributed by atoms with van der Waals surface area (Å²) in [7, 11) is 1.76. The van der Waals surface area contributed by atoms with Gasteiger partial charge >= 0.3 is 5.97 Å². The number of benzene rings is 2. The molecule has 1 aliphatic rings. The second-order valence-corrected chi connectivity index (χ2v) is 9.38. The summed E-state index contributed by atoms with van der Waals surface area (Å²) in [5, 5.41) is 3.99. The van der Waals surface area contributed by atoms with Crippen LogP contribution in [0.1, 0.15) is 48.0 Å². The fourth-order valence-electron chi connectivity index (χ4n) is 4.60. The minimum atomic E-state index is -0.995. The maximum absolute atomic E-state index is 13.1. The van der Waals surface area contributed by atoms with Crippen LogP contribution in [0, 0.1) is 0 Å². The van der Waals surface area contributed by atoms with Gasteiger partial charge in [0.05, 0.1) is 10.6 Å². The van der Waals surface area contributed by atoms with Gasteiger partial charge in [-0.1, -0.05) is 61.2 Å². The highest BCUT2D eigenvalue weighted by Gasteiger charge is 2.28. The largest absolute Gasteiger partial charge is 0.454 e. The first kappa shape index (κ1) is 24.8. The lowest BCUT2D eigenvalue weighted by Gasteiger charge is -2.31. The van der Waals surface area contributed by atoms with Gasteiger partial charge in [-0.15, -0.1) is 0 Å². The second-order valence-electron chi connectivity index (χ2n) is 8.97. The van der Waals surface area contributed by atoms with Gasteiger partial charge < -0.3 is 19.9 Å². The zero-order valence-corrected chi connectivity index (χ0v) is 20.5. The van der Waals surface area contributed by atoms with Gasteiger partial charge in [-0.05, 0) is 36.6 Å². The molecule has 0 radical (unpaired) electrons. The van der Waals surface area contributed by atoms with Gasteiger partial charge in [-0.2, -0.15) is 0 Å². The summed E-state index contributed by atoms with van der Waals surface area (Å²) in [6.45, 7) is -0.363. The standard InChI is InChI=1S/C27H30ClN3O4/c1-31(19-9-3-2-4-10-19)25(32)17-35-27(34)24(30-26(33)21-12-5-7-13-22(21)28)15-18-16-29-23-14-8-6-11-20(18)23/h5-8,11-14,16,19,24,29H,2-4,9-10,15,17H2,1H3,(H,30,33)/t24-/m1/s1. The maximum atomic E-state index is 13.1. The van der Waals surface area contributed by atoms with Gasteiger partial charge in [0.2, 0.25) is 0 Å². The molecule has 1 fully saturated rings. The Morgan fingerprint density at radius 2 is 1.80 bits per heavy atom. The second kappa shape index (κ2) is 11.4. The highest BCUT2D eigenvalue weighted by atomic mass is 35.5. The van der Waals surface area contributed by atoms with Crippen molar-refractivity contribution in [3.8, 4) is 0 Å². The van der Waals surface area contributed by atoms with E-state index >= 15 is 0 Å². The van der Waals surface area contributed by atoms with Crippen molar-refractivity contribution in [3.63, 3.8) is 0 Å². The average Bonchev–Trinajstić information content (AvgIpc) is 3.29. The molecule has 0 aliphatic heterocycles. The normalized spacial score (nSPS) is 14.9. The van der Waals surface area contributed by atoms with E-state index in [0.717, 1.165) is 42.1 Å². The zero-order valence-electron chi connectivity index (χ0n) is 19.8. The Bertz CT molecular complexity index is 1200. The number of hydrogen-bond acceptors (Lipinski definition) is 4. The number of nitrogens with zero attached hydrogens (tertiary/aromatic N) is 1. The van der Waals surface area contributed by atoms with Crippen LogP contribution in [0.2, 0.25) is 5.02 Å². The van der Waals surface area contributed by atoms with E-state index in [2.05, 4.69) is 10.3 Å². The average molecular weight is 496 g/mol. The lowest BCUT2D eigenvalue weighted by atomic mass is 9.94. The third-order valence-corrected chi connectivity index (χ3v) is 6.99. The van der Waals surface area contributed by atoms with E-state index in [0.29, 0.717) is 0 Å². The number of carbonyl (C=O) groups is 3. The van der Waals surface area contributed by atoms with Crippen LogP contribution >= 0.6 is 11.6 Å². The Balaban J connectivity index is 1.47. The van der Waals surface area contributed by atoms with Gasteiger partial charge in [0, 0.05) is 36.6 Å². The molecule has 184 valence electrons. The molecule has 1 aliphatic carbocycles. The van der Waals surface area contributed by atoms with Crippen molar-refractivity contribution < 1.29 is 19.1 Å². The fraction of sp³-hybridized carbons (Fsp3) is 0.370. The monoisotopic (exact) mass is 495 g/mol. The minimum absolute atomic E-state index is 0.178. The molecular formula is C27H30ClN3O4. The third kappa shape index (κ3) is 6.03. The zero-order chi connectivity index (χ0) is 24.8. The number of aromatic nitrogens is 1. The van der Waals surface area contributed by atoms with Crippen LogP contribution in [-0.2, 0) is 20.7 Å². The van der Waals surface area contributed by atoms with Crippen molar-refractivity contribution in [1.29, 1.82) is 0 Å². The van der Waals surface area contributed by atoms with E-state index in [-0.39, 0.29) is 35.6 Å². The van der Waals surface area contributed by atoms with Crippen LogP contribution in [0.4, 0.5) is 0 Å². The van der Waals surface area contributed by atoms with Crippen LogP contribution in [0.25, 0.3) is 10.9 Å². The molecule has 4 rings (SSSR count). The molecule has 1 aromatic heterocycles. The van der Waals surface area contributed by atoms with Crippen molar-refractivity contribution in [3.05, 3.63) is 70.9 Å². The number of halogens is 1. The molecular weight excluding hydrogens is 466 g/mol. The number of esters is 1. The number of hydrogen-bond donors (Lipinski definition) is 2. The summed E-state index contributed by atoms with van der Waals surface area (Å²) in [6, 6.07) is 13.5. The van der Waals surface area contributed by atoms with E-state index in [1.54, 1.807) is 36.2 Å². The molecule has 1 atom stereocenters. The molecule has 0 spiro atoms. The predicted molar refractivity (Wildman–Crippen MR) is 135 cm³/mol. The summed E-state index contributed by atoms with van der Waals surface area (Å²) >= 11 is 6.18. The molecule has 1 saturated carbocycles. The van der Waals surface area contributed by atoms with Crippen LogP contribution < -0.4 is 5.32 Å². The lowest BCUT2D eigenvalue weighted by Crippen LogP contribution is -2.45. The highest BCUT2D eigenvalue weighted by molar-refractivity contribution is 6.33. The third-order valence-electron chi connectivity index (χ3n) is 6.66. The number of para-hydroxylation sites is 1. The van der Waals surface area contributed by atoms with Crippen LogP contribution in [0.15, 0.2) is 54.7 Å². The van der Waals surface area contributed by atoms with Crippen molar-refractivity contribution >= 4 is 40.3 Å². The Kier molecular flexibility index (Phi) is 8.08. The van der Waals surface area contributed by atoms with Crippen molar-refractivity contribution in [1.82, 2.24) is 15.2 Å².